The van der Waals surface area contributed by atoms with Crippen molar-refractivity contribution >= 4 is 27.3 Å². The molecule has 1 aliphatic heterocycles. The summed E-state index contributed by atoms with van der Waals surface area (Å²) in [4.78, 5) is 2.47. The van der Waals surface area contributed by atoms with Gasteiger partial charge in [-0.25, -0.2) is 0 Å². The first kappa shape index (κ1) is 10.8. The van der Waals surface area contributed by atoms with Crippen LogP contribution in [0.25, 0.3) is 0 Å². The van der Waals surface area contributed by atoms with Crippen LogP contribution in [0.5, 0.6) is 0 Å². The van der Waals surface area contributed by atoms with E-state index in [-0.39, 0.29) is 0 Å². The Labute approximate surface area is 99.8 Å². The Bertz CT molecular complexity index is 338. The van der Waals surface area contributed by atoms with Crippen LogP contribution < -0.4 is 10.2 Å². The molecule has 0 fully saturated rings. The van der Waals surface area contributed by atoms with Crippen molar-refractivity contribution in [2.45, 2.75) is 19.8 Å². The van der Waals surface area contributed by atoms with E-state index in [1.165, 1.54) is 30.8 Å². The number of nitrogens with one attached hydrogen (secondary N) is 1. The fourth-order valence-electron chi connectivity index (χ4n) is 1.94. The van der Waals surface area contributed by atoms with Crippen molar-refractivity contribution in [3.8, 4) is 0 Å². The third kappa shape index (κ3) is 2.46. The number of rotatable bonds is 3. The van der Waals surface area contributed by atoms with Crippen LogP contribution in [0, 0.1) is 0 Å². The predicted octanol–water partition coefficient (Wildman–Crippen LogP) is 3.48. The Morgan fingerprint density at radius 2 is 2.33 bits per heavy atom. The summed E-state index contributed by atoms with van der Waals surface area (Å²) in [6, 6.07) is 6.45. The van der Waals surface area contributed by atoms with Gasteiger partial charge in [0.25, 0.3) is 0 Å². The molecule has 2 rings (SSSR count). The van der Waals surface area contributed by atoms with Gasteiger partial charge in [-0.3, -0.25) is 0 Å². The zero-order chi connectivity index (χ0) is 10.7. The standard InChI is InChI=1S/C12H17BrN2/c1-2-3-7-15-8-6-14-11-5-4-10(13)9-12(11)15/h4-5,9,14H,2-3,6-8H2,1H3. The lowest BCUT2D eigenvalue weighted by atomic mass is 10.2. The highest BCUT2D eigenvalue weighted by molar-refractivity contribution is 9.10. The fourth-order valence-corrected chi connectivity index (χ4v) is 2.29. The molecule has 1 aromatic rings. The van der Waals surface area contributed by atoms with Gasteiger partial charge in [0.15, 0.2) is 0 Å². The number of anilines is 2. The van der Waals surface area contributed by atoms with Gasteiger partial charge in [-0.05, 0) is 24.6 Å². The molecule has 0 radical (unpaired) electrons. The summed E-state index contributed by atoms with van der Waals surface area (Å²) in [5.41, 5.74) is 2.60. The average molecular weight is 269 g/mol. The maximum atomic E-state index is 3.53. The molecule has 0 aromatic heterocycles. The molecule has 0 unspecified atom stereocenters. The van der Waals surface area contributed by atoms with Crippen LogP contribution in [-0.2, 0) is 0 Å². The predicted molar refractivity (Wildman–Crippen MR) is 69.8 cm³/mol. The number of nitrogens with zero attached hydrogens (tertiary/aromatic N) is 1. The Morgan fingerprint density at radius 1 is 1.47 bits per heavy atom. The third-order valence-electron chi connectivity index (χ3n) is 2.78. The van der Waals surface area contributed by atoms with Crippen LogP contribution in [-0.4, -0.2) is 19.6 Å². The summed E-state index contributed by atoms with van der Waals surface area (Å²) in [6.45, 7) is 5.58. The third-order valence-corrected chi connectivity index (χ3v) is 3.27. The van der Waals surface area contributed by atoms with Crippen LogP contribution in [0.2, 0.25) is 0 Å². The molecule has 1 heterocycles. The largest absolute Gasteiger partial charge is 0.382 e. The highest BCUT2D eigenvalue weighted by Gasteiger charge is 2.15. The van der Waals surface area contributed by atoms with Crippen molar-refractivity contribution in [2.75, 3.05) is 29.9 Å². The van der Waals surface area contributed by atoms with Gasteiger partial charge in [0, 0.05) is 24.1 Å². The van der Waals surface area contributed by atoms with Crippen molar-refractivity contribution in [1.82, 2.24) is 0 Å². The summed E-state index contributed by atoms with van der Waals surface area (Å²) < 4.78 is 1.16. The number of benzene rings is 1. The number of unbranched alkanes of at least 4 members (excludes halogenated alkanes) is 1. The fraction of sp³-hybridized carbons (Fsp3) is 0.500. The minimum absolute atomic E-state index is 1.05. The van der Waals surface area contributed by atoms with Gasteiger partial charge in [0.1, 0.15) is 0 Å². The minimum atomic E-state index is 1.05. The van der Waals surface area contributed by atoms with E-state index in [9.17, 15) is 0 Å². The van der Waals surface area contributed by atoms with Gasteiger partial charge in [-0.15, -0.1) is 0 Å². The van der Waals surface area contributed by atoms with E-state index in [0.717, 1.165) is 17.6 Å². The SMILES string of the molecule is CCCCN1CCNc2ccc(Br)cc21. The smallest absolute Gasteiger partial charge is 0.0613 e. The van der Waals surface area contributed by atoms with Gasteiger partial charge >= 0.3 is 0 Å². The van der Waals surface area contributed by atoms with Gasteiger partial charge in [0.2, 0.25) is 0 Å². The first-order valence-electron chi connectivity index (χ1n) is 5.59. The van der Waals surface area contributed by atoms with Crippen molar-refractivity contribution in [3.05, 3.63) is 22.7 Å². The zero-order valence-electron chi connectivity index (χ0n) is 9.09. The van der Waals surface area contributed by atoms with Crippen LogP contribution in [0.1, 0.15) is 19.8 Å². The second-order valence-corrected chi connectivity index (χ2v) is 4.84. The molecular formula is C12H17BrN2. The first-order chi connectivity index (χ1) is 7.31. The first-order valence-corrected chi connectivity index (χ1v) is 6.39. The van der Waals surface area contributed by atoms with Crippen molar-refractivity contribution in [3.63, 3.8) is 0 Å². The molecule has 3 heteroatoms. The van der Waals surface area contributed by atoms with Crippen LogP contribution in [0.15, 0.2) is 22.7 Å². The molecule has 0 spiro atoms. The summed E-state index contributed by atoms with van der Waals surface area (Å²) >= 11 is 3.53. The maximum Gasteiger partial charge on any atom is 0.0613 e. The molecule has 0 aliphatic carbocycles. The second-order valence-electron chi connectivity index (χ2n) is 3.93. The normalized spacial score (nSPS) is 14.7. The summed E-state index contributed by atoms with van der Waals surface area (Å²) in [7, 11) is 0. The molecule has 0 saturated heterocycles. The molecule has 2 nitrogen and oxygen atoms in total. The van der Waals surface area contributed by atoms with E-state index in [1.807, 2.05) is 0 Å². The monoisotopic (exact) mass is 268 g/mol. The zero-order valence-corrected chi connectivity index (χ0v) is 10.7. The van der Waals surface area contributed by atoms with E-state index in [2.05, 4.69) is 51.3 Å². The Morgan fingerprint density at radius 3 is 3.13 bits per heavy atom. The Kier molecular flexibility index (Phi) is 3.52. The van der Waals surface area contributed by atoms with Crippen LogP contribution in [0.4, 0.5) is 11.4 Å². The molecular weight excluding hydrogens is 252 g/mol. The number of halogens is 1. The molecule has 0 amide bonds. The lowest BCUT2D eigenvalue weighted by Crippen LogP contribution is -2.34. The van der Waals surface area contributed by atoms with Gasteiger partial charge in [-0.1, -0.05) is 29.3 Å². The Hall–Kier alpha value is -0.700. The second kappa shape index (κ2) is 4.88. The molecule has 82 valence electrons. The minimum Gasteiger partial charge on any atom is -0.382 e. The summed E-state index contributed by atoms with van der Waals surface area (Å²) in [5.74, 6) is 0. The quantitative estimate of drug-likeness (QED) is 0.903. The number of hydrogen-bond acceptors (Lipinski definition) is 2. The molecule has 1 aliphatic rings. The van der Waals surface area contributed by atoms with Gasteiger partial charge in [0.05, 0.1) is 11.4 Å². The van der Waals surface area contributed by atoms with Crippen LogP contribution in [0.3, 0.4) is 0 Å². The van der Waals surface area contributed by atoms with E-state index in [4.69, 9.17) is 0 Å². The lowest BCUT2D eigenvalue weighted by Gasteiger charge is -2.32. The molecule has 0 saturated carbocycles. The van der Waals surface area contributed by atoms with Crippen LogP contribution >= 0.6 is 15.9 Å². The Balaban J connectivity index is 2.20. The van der Waals surface area contributed by atoms with E-state index >= 15 is 0 Å². The average Bonchev–Trinajstić information content (AvgIpc) is 2.26. The molecule has 0 bridgehead atoms. The van der Waals surface area contributed by atoms with E-state index in [1.54, 1.807) is 0 Å². The van der Waals surface area contributed by atoms with Crippen molar-refractivity contribution in [1.29, 1.82) is 0 Å². The van der Waals surface area contributed by atoms with Crippen molar-refractivity contribution in [2.24, 2.45) is 0 Å². The van der Waals surface area contributed by atoms with E-state index < -0.39 is 0 Å². The summed E-state index contributed by atoms with van der Waals surface area (Å²) in [6.07, 6.45) is 2.53. The number of hydrogen-bond donors (Lipinski definition) is 1. The lowest BCUT2D eigenvalue weighted by molar-refractivity contribution is 0.713. The maximum absolute atomic E-state index is 3.53. The molecule has 1 N–H and O–H groups in total. The molecule has 1 aromatic carbocycles. The van der Waals surface area contributed by atoms with E-state index in [0.29, 0.717) is 0 Å². The topological polar surface area (TPSA) is 15.3 Å². The molecule has 0 atom stereocenters. The van der Waals surface area contributed by atoms with Gasteiger partial charge in [-0.2, -0.15) is 0 Å². The number of fused-ring (bicyclic) bond motifs is 1. The van der Waals surface area contributed by atoms with Gasteiger partial charge < -0.3 is 10.2 Å². The summed E-state index contributed by atoms with van der Waals surface area (Å²) in [5, 5.41) is 3.43. The highest BCUT2D eigenvalue weighted by Crippen LogP contribution is 2.31. The highest BCUT2D eigenvalue weighted by atomic mass is 79.9. The molecule has 15 heavy (non-hydrogen) atoms. The van der Waals surface area contributed by atoms with Crippen molar-refractivity contribution < 1.29 is 0 Å².